The highest BCUT2D eigenvalue weighted by atomic mass is 16.6. The van der Waals surface area contributed by atoms with Crippen LogP contribution >= 0.6 is 0 Å². The van der Waals surface area contributed by atoms with Crippen molar-refractivity contribution in [1.82, 2.24) is 4.90 Å². The molecule has 5 heteroatoms. The number of methoxy groups -OCH3 is 1. The summed E-state index contributed by atoms with van der Waals surface area (Å²) in [5.74, 6) is 0. The minimum Gasteiger partial charge on any atom is -0.447 e. The van der Waals surface area contributed by atoms with E-state index >= 15 is 0 Å². The normalized spacial score (nSPS) is 11.3. The first-order valence-corrected chi connectivity index (χ1v) is 19.2. The van der Waals surface area contributed by atoms with Gasteiger partial charge in [0.1, 0.15) is 6.61 Å². The van der Waals surface area contributed by atoms with Crippen LogP contribution in [0.2, 0.25) is 0 Å². The van der Waals surface area contributed by atoms with Crippen LogP contribution in [-0.4, -0.2) is 57.6 Å². The molecule has 0 fully saturated rings. The van der Waals surface area contributed by atoms with Gasteiger partial charge >= 0.3 is 6.09 Å². The molecule has 0 heterocycles. The first-order chi connectivity index (χ1) is 21.3. The molecule has 0 aliphatic rings. The van der Waals surface area contributed by atoms with E-state index in [1.54, 1.807) is 7.11 Å². The lowest BCUT2D eigenvalue weighted by Gasteiger charge is -2.22. The van der Waals surface area contributed by atoms with E-state index in [9.17, 15) is 4.79 Å². The number of amides is 1. The smallest absolute Gasteiger partial charge is 0.409 e. The van der Waals surface area contributed by atoms with Crippen molar-refractivity contribution in [3.05, 3.63) is 0 Å². The molecule has 0 aliphatic carbocycles. The van der Waals surface area contributed by atoms with E-state index < -0.39 is 0 Å². The van der Waals surface area contributed by atoms with Crippen LogP contribution in [0.4, 0.5) is 4.79 Å². The van der Waals surface area contributed by atoms with E-state index in [-0.39, 0.29) is 6.09 Å². The maximum absolute atomic E-state index is 12.8. The standard InChI is InChI=1S/C38H77NO4/c1-4-6-8-10-12-14-16-18-20-22-24-26-28-30-32-39(38(40)43-37-36-42-35-34-41-3)33-31-29-27-25-23-21-19-17-15-13-11-9-7-5-2/h4-37H2,1-3H3. The SMILES string of the molecule is CCCCCCCCCCCCCCCCN(CCCCCCCCCCCCCCCC)C(=O)OCCOCCOC. The van der Waals surface area contributed by atoms with Gasteiger partial charge in [0.2, 0.25) is 0 Å². The summed E-state index contributed by atoms with van der Waals surface area (Å²) in [6, 6.07) is 0. The third kappa shape index (κ3) is 33.9. The first-order valence-electron chi connectivity index (χ1n) is 19.2. The summed E-state index contributed by atoms with van der Waals surface area (Å²) in [7, 11) is 1.66. The van der Waals surface area contributed by atoms with Gasteiger partial charge in [0.15, 0.2) is 0 Å². The molecule has 0 unspecified atom stereocenters. The van der Waals surface area contributed by atoms with Gasteiger partial charge in [-0.1, -0.05) is 181 Å². The fourth-order valence-electron chi connectivity index (χ4n) is 5.81. The van der Waals surface area contributed by atoms with Crippen LogP contribution in [0.25, 0.3) is 0 Å². The molecule has 258 valence electrons. The predicted molar refractivity (Wildman–Crippen MR) is 186 cm³/mol. The highest BCUT2D eigenvalue weighted by Crippen LogP contribution is 2.15. The van der Waals surface area contributed by atoms with Crippen LogP contribution in [0.3, 0.4) is 0 Å². The summed E-state index contributed by atoms with van der Waals surface area (Å²) in [5.41, 5.74) is 0. The Morgan fingerprint density at radius 3 is 1.05 bits per heavy atom. The van der Waals surface area contributed by atoms with Gasteiger partial charge in [-0.05, 0) is 12.8 Å². The molecular formula is C38H77NO4. The van der Waals surface area contributed by atoms with Crippen LogP contribution in [0.5, 0.6) is 0 Å². The Morgan fingerprint density at radius 2 is 0.721 bits per heavy atom. The van der Waals surface area contributed by atoms with Crippen LogP contribution in [0, 0.1) is 0 Å². The number of carbonyl (C=O) groups is 1. The minimum atomic E-state index is -0.167. The van der Waals surface area contributed by atoms with Gasteiger partial charge in [-0.2, -0.15) is 0 Å². The second-order valence-electron chi connectivity index (χ2n) is 12.9. The van der Waals surface area contributed by atoms with Crippen molar-refractivity contribution in [2.45, 2.75) is 194 Å². The Morgan fingerprint density at radius 1 is 0.419 bits per heavy atom. The van der Waals surface area contributed by atoms with Gasteiger partial charge in [0, 0.05) is 20.2 Å². The molecule has 0 radical (unpaired) electrons. The van der Waals surface area contributed by atoms with E-state index in [2.05, 4.69) is 13.8 Å². The first kappa shape index (κ1) is 42.2. The second kappa shape index (κ2) is 37.4. The third-order valence-corrected chi connectivity index (χ3v) is 8.71. The maximum atomic E-state index is 12.8. The number of nitrogens with zero attached hydrogens (tertiary/aromatic N) is 1. The monoisotopic (exact) mass is 612 g/mol. The number of unbranched alkanes of at least 4 members (excludes halogenated alkanes) is 26. The van der Waals surface area contributed by atoms with Gasteiger partial charge in [0.25, 0.3) is 0 Å². The number of hydrogen-bond acceptors (Lipinski definition) is 4. The Hall–Kier alpha value is -0.810. The van der Waals surface area contributed by atoms with Crippen LogP contribution in [0.15, 0.2) is 0 Å². The van der Waals surface area contributed by atoms with E-state index in [1.807, 2.05) is 4.90 Å². The summed E-state index contributed by atoms with van der Waals surface area (Å²) in [6.45, 7) is 8.07. The van der Waals surface area contributed by atoms with E-state index in [0.717, 1.165) is 25.9 Å². The van der Waals surface area contributed by atoms with E-state index in [0.29, 0.717) is 26.4 Å². The summed E-state index contributed by atoms with van der Waals surface area (Å²) in [6.07, 6.45) is 37.7. The van der Waals surface area contributed by atoms with Gasteiger partial charge in [-0.25, -0.2) is 4.79 Å². The molecule has 0 atom stereocenters. The fourth-order valence-corrected chi connectivity index (χ4v) is 5.81. The van der Waals surface area contributed by atoms with Gasteiger partial charge < -0.3 is 19.1 Å². The molecule has 0 aromatic carbocycles. The highest BCUT2D eigenvalue weighted by molar-refractivity contribution is 5.67. The summed E-state index contributed by atoms with van der Waals surface area (Å²) >= 11 is 0. The highest BCUT2D eigenvalue weighted by Gasteiger charge is 2.14. The number of ether oxygens (including phenoxy) is 3. The molecular weight excluding hydrogens is 534 g/mol. The summed E-state index contributed by atoms with van der Waals surface area (Å²) in [4.78, 5) is 14.7. The molecule has 0 aromatic heterocycles. The predicted octanol–water partition coefficient (Wildman–Crippen LogP) is 12.1. The largest absolute Gasteiger partial charge is 0.447 e. The zero-order chi connectivity index (χ0) is 31.3. The lowest BCUT2D eigenvalue weighted by atomic mass is 10.0. The van der Waals surface area contributed by atoms with Crippen molar-refractivity contribution in [3.8, 4) is 0 Å². The summed E-state index contributed by atoms with van der Waals surface area (Å²) < 4.78 is 16.0. The zero-order valence-corrected chi connectivity index (χ0v) is 29.6. The van der Waals surface area contributed by atoms with Crippen LogP contribution < -0.4 is 0 Å². The molecule has 5 nitrogen and oxygen atoms in total. The van der Waals surface area contributed by atoms with Crippen LogP contribution in [0.1, 0.15) is 194 Å². The van der Waals surface area contributed by atoms with Gasteiger partial charge in [0.05, 0.1) is 19.8 Å². The Labute approximate surface area is 270 Å². The van der Waals surface area contributed by atoms with Gasteiger partial charge in [-0.3, -0.25) is 0 Å². The molecule has 0 saturated carbocycles. The lowest BCUT2D eigenvalue weighted by molar-refractivity contribution is 0.0328. The molecule has 0 rings (SSSR count). The van der Waals surface area contributed by atoms with Crippen molar-refractivity contribution in [1.29, 1.82) is 0 Å². The zero-order valence-electron chi connectivity index (χ0n) is 29.6. The summed E-state index contributed by atoms with van der Waals surface area (Å²) in [5, 5.41) is 0. The van der Waals surface area contributed by atoms with E-state index in [1.165, 1.54) is 167 Å². The molecule has 43 heavy (non-hydrogen) atoms. The third-order valence-electron chi connectivity index (χ3n) is 8.71. The molecule has 1 amide bonds. The van der Waals surface area contributed by atoms with E-state index in [4.69, 9.17) is 14.2 Å². The van der Waals surface area contributed by atoms with Gasteiger partial charge in [-0.15, -0.1) is 0 Å². The lowest BCUT2D eigenvalue weighted by Crippen LogP contribution is -2.34. The molecule has 0 aliphatic heterocycles. The minimum absolute atomic E-state index is 0.167. The maximum Gasteiger partial charge on any atom is 0.409 e. The number of carbonyl (C=O) groups excluding carboxylic acids is 1. The Kier molecular flexibility index (Phi) is 36.7. The average Bonchev–Trinajstić information content (AvgIpc) is 3.01. The second-order valence-corrected chi connectivity index (χ2v) is 12.9. The Balaban J connectivity index is 3.94. The number of hydrogen-bond donors (Lipinski definition) is 0. The van der Waals surface area contributed by atoms with Crippen molar-refractivity contribution in [2.75, 3.05) is 46.6 Å². The number of rotatable bonds is 36. The molecule has 0 spiro atoms. The van der Waals surface area contributed by atoms with Crippen molar-refractivity contribution < 1.29 is 19.0 Å². The molecule has 0 aromatic rings. The fraction of sp³-hybridized carbons (Fsp3) is 0.974. The molecule has 0 saturated heterocycles. The molecule has 0 bridgehead atoms. The quantitative estimate of drug-likeness (QED) is 0.0661. The topological polar surface area (TPSA) is 48.0 Å². The van der Waals surface area contributed by atoms with Crippen LogP contribution in [-0.2, 0) is 14.2 Å². The Bertz CT molecular complexity index is 498. The van der Waals surface area contributed by atoms with Crippen molar-refractivity contribution in [2.24, 2.45) is 0 Å². The molecule has 0 N–H and O–H groups in total. The van der Waals surface area contributed by atoms with Crippen molar-refractivity contribution in [3.63, 3.8) is 0 Å². The average molecular weight is 612 g/mol. The van der Waals surface area contributed by atoms with Crippen molar-refractivity contribution >= 4 is 6.09 Å².